The van der Waals surface area contributed by atoms with Crippen LogP contribution in [0.25, 0.3) is 0 Å². The molecule has 11 heteroatoms. The number of esters is 1. The van der Waals surface area contributed by atoms with Crippen molar-refractivity contribution in [2.24, 2.45) is 0 Å². The summed E-state index contributed by atoms with van der Waals surface area (Å²) >= 11 is 0. The van der Waals surface area contributed by atoms with Crippen molar-refractivity contribution >= 4 is 11.9 Å². The molecule has 0 aromatic carbocycles. The Morgan fingerprint density at radius 3 is 1.69 bits per heavy atom. The van der Waals surface area contributed by atoms with E-state index in [1.807, 2.05) is 24.3 Å². The zero-order chi connectivity index (χ0) is 47.6. The van der Waals surface area contributed by atoms with E-state index in [-0.39, 0.29) is 19.4 Å². The van der Waals surface area contributed by atoms with Gasteiger partial charge in [-0.1, -0.05) is 191 Å². The highest BCUT2D eigenvalue weighted by molar-refractivity contribution is 5.80. The summed E-state index contributed by atoms with van der Waals surface area (Å²) in [6.45, 7) is 5.57. The molecule has 1 fully saturated rings. The highest BCUT2D eigenvalue weighted by Gasteiger charge is 2.47. The number of aliphatic hydroxyl groups is 5. The molecule has 0 radical (unpaired) electrons. The molecule has 8 unspecified atom stereocenters. The lowest BCUT2D eigenvalue weighted by Gasteiger charge is -2.41. The van der Waals surface area contributed by atoms with Crippen LogP contribution < -0.4 is 5.32 Å². The van der Waals surface area contributed by atoms with Gasteiger partial charge in [0, 0.05) is 6.42 Å². The lowest BCUT2D eigenvalue weighted by Crippen LogP contribution is -2.61. The lowest BCUT2D eigenvalue weighted by atomic mass is 9.99. The zero-order valence-electron chi connectivity index (χ0n) is 41.1. The van der Waals surface area contributed by atoms with Gasteiger partial charge in [-0.15, -0.1) is 0 Å². The molecule has 8 atom stereocenters. The van der Waals surface area contributed by atoms with Crippen molar-refractivity contribution < 1.29 is 49.3 Å². The van der Waals surface area contributed by atoms with E-state index < -0.39 is 67.4 Å². The van der Waals surface area contributed by atoms with E-state index in [1.54, 1.807) is 6.08 Å². The van der Waals surface area contributed by atoms with Crippen LogP contribution in [0.15, 0.2) is 60.8 Å². The smallest absolute Gasteiger partial charge is 0.306 e. The molecular weight excluding hydrogens is 823 g/mol. The van der Waals surface area contributed by atoms with Crippen LogP contribution in [0.3, 0.4) is 0 Å². The molecule has 0 saturated carbocycles. The Kier molecular flexibility index (Phi) is 39.7. The maximum absolute atomic E-state index is 13.3. The van der Waals surface area contributed by atoms with Gasteiger partial charge < -0.3 is 45.1 Å². The average Bonchev–Trinajstić information content (AvgIpc) is 3.30. The number of rotatable bonds is 42. The Hall–Kier alpha value is -2.64. The normalized spacial score (nSPS) is 20.8. The lowest BCUT2D eigenvalue weighted by molar-refractivity contribution is -0.305. The molecule has 65 heavy (non-hydrogen) atoms. The van der Waals surface area contributed by atoms with E-state index in [2.05, 4.69) is 56.5 Å². The third kappa shape index (κ3) is 31.9. The van der Waals surface area contributed by atoms with Crippen molar-refractivity contribution in [2.75, 3.05) is 13.2 Å². The zero-order valence-corrected chi connectivity index (χ0v) is 41.1. The summed E-state index contributed by atoms with van der Waals surface area (Å²) in [5, 5.41) is 56.5. The van der Waals surface area contributed by atoms with Crippen LogP contribution >= 0.6 is 0 Å². The molecule has 1 heterocycles. The number of carbonyl (C=O) groups is 2. The van der Waals surface area contributed by atoms with Crippen LogP contribution in [-0.4, -0.2) is 99.6 Å². The summed E-state index contributed by atoms with van der Waals surface area (Å²) in [6, 6.07) is -1.03. The molecule has 1 aliphatic rings. The third-order valence-electron chi connectivity index (χ3n) is 12.0. The Labute approximate surface area is 395 Å². The summed E-state index contributed by atoms with van der Waals surface area (Å²) in [6.07, 6.45) is 39.9. The number of hydrogen-bond acceptors (Lipinski definition) is 10. The number of hydrogen-bond donors (Lipinski definition) is 6. The Bertz CT molecular complexity index is 1280. The van der Waals surface area contributed by atoms with E-state index >= 15 is 0 Å². The second kappa shape index (κ2) is 42.7. The average molecular weight is 918 g/mol. The third-order valence-corrected chi connectivity index (χ3v) is 12.0. The van der Waals surface area contributed by atoms with Gasteiger partial charge in [0.05, 0.1) is 25.4 Å². The van der Waals surface area contributed by atoms with Gasteiger partial charge in [0.1, 0.15) is 24.4 Å². The summed E-state index contributed by atoms with van der Waals surface area (Å²) in [5.41, 5.74) is 0. The van der Waals surface area contributed by atoms with Crippen molar-refractivity contribution in [3.05, 3.63) is 60.8 Å². The first-order valence-electron chi connectivity index (χ1n) is 26.1. The molecule has 0 aliphatic carbocycles. The first kappa shape index (κ1) is 60.4. The predicted molar refractivity (Wildman–Crippen MR) is 264 cm³/mol. The predicted octanol–water partition coefficient (Wildman–Crippen LogP) is 10.7. The van der Waals surface area contributed by atoms with Crippen molar-refractivity contribution in [1.29, 1.82) is 0 Å². The van der Waals surface area contributed by atoms with Crippen LogP contribution in [-0.2, 0) is 23.8 Å². The summed E-state index contributed by atoms with van der Waals surface area (Å²) in [7, 11) is 0. The molecule has 0 spiro atoms. The van der Waals surface area contributed by atoms with E-state index in [9.17, 15) is 35.1 Å². The van der Waals surface area contributed by atoms with Gasteiger partial charge in [-0.05, 0) is 70.6 Å². The van der Waals surface area contributed by atoms with Gasteiger partial charge in [0.25, 0.3) is 0 Å². The van der Waals surface area contributed by atoms with E-state index in [1.165, 1.54) is 83.5 Å². The summed E-state index contributed by atoms with van der Waals surface area (Å²) in [4.78, 5) is 26.3. The summed E-state index contributed by atoms with van der Waals surface area (Å²) < 4.78 is 17.5. The second-order valence-electron chi connectivity index (χ2n) is 17.9. The molecule has 0 bridgehead atoms. The molecule has 0 aromatic rings. The van der Waals surface area contributed by atoms with Gasteiger partial charge in [-0.25, -0.2) is 0 Å². The SMILES string of the molecule is CC/C=C/C=C/C=C\CCCCCCCC(=O)OC1C(OCC(NC(=O)C(O)CCCC/C=C\CCCCCCCC)C(O)/C=C/CCCCCCCCCCC)OC(CO)C(O)C1O. The highest BCUT2D eigenvalue weighted by Crippen LogP contribution is 2.26. The van der Waals surface area contributed by atoms with Gasteiger partial charge in [-0.2, -0.15) is 0 Å². The molecule has 1 saturated heterocycles. The monoisotopic (exact) mass is 918 g/mol. The molecule has 11 nitrogen and oxygen atoms in total. The maximum Gasteiger partial charge on any atom is 0.306 e. The number of aliphatic hydroxyl groups excluding tert-OH is 5. The standard InChI is InChI=1S/C54H95NO10/c1-4-7-10-13-16-19-22-24-27-30-33-36-39-42-49(59)65-52-51(61)50(60)48(43-56)64-54(52)63-44-45(46(57)40-37-34-31-28-25-21-18-15-12-9-6-3)55-53(62)47(58)41-38-35-32-29-26-23-20-17-14-11-8-5-2/h7,10,13,16,19,22,26,29,37,40,45-48,50-52,54,56-58,60-61H,4-6,8-9,11-12,14-15,17-18,20-21,23-25,27-28,30-36,38-39,41-44H2,1-3H3,(H,55,62)/b10-7+,16-13+,22-19-,29-26-,40-37+. The minimum absolute atomic E-state index is 0.0972. The summed E-state index contributed by atoms with van der Waals surface area (Å²) in [5.74, 6) is -1.24. The van der Waals surface area contributed by atoms with Gasteiger partial charge in [0.2, 0.25) is 5.91 Å². The fraction of sp³-hybridized carbons (Fsp3) is 0.778. The molecular formula is C54H95NO10. The fourth-order valence-electron chi connectivity index (χ4n) is 7.76. The van der Waals surface area contributed by atoms with Crippen LogP contribution in [0.5, 0.6) is 0 Å². The largest absolute Gasteiger partial charge is 0.454 e. The number of unbranched alkanes of at least 4 members (excludes halogenated alkanes) is 22. The fourth-order valence-corrected chi connectivity index (χ4v) is 7.76. The van der Waals surface area contributed by atoms with E-state index in [4.69, 9.17) is 14.2 Å². The highest BCUT2D eigenvalue weighted by atomic mass is 16.7. The first-order chi connectivity index (χ1) is 31.7. The van der Waals surface area contributed by atoms with Crippen LogP contribution in [0, 0.1) is 0 Å². The molecule has 1 aliphatic heterocycles. The Balaban J connectivity index is 2.81. The van der Waals surface area contributed by atoms with Crippen LogP contribution in [0.1, 0.15) is 207 Å². The first-order valence-corrected chi connectivity index (χ1v) is 26.1. The van der Waals surface area contributed by atoms with Crippen molar-refractivity contribution in [1.82, 2.24) is 5.32 Å². The van der Waals surface area contributed by atoms with Crippen molar-refractivity contribution in [2.45, 2.75) is 256 Å². The molecule has 6 N–H and O–H groups in total. The van der Waals surface area contributed by atoms with Crippen molar-refractivity contribution in [3.63, 3.8) is 0 Å². The number of amides is 1. The van der Waals surface area contributed by atoms with Crippen LogP contribution in [0.4, 0.5) is 0 Å². The number of nitrogens with one attached hydrogen (secondary N) is 1. The van der Waals surface area contributed by atoms with E-state index in [0.29, 0.717) is 12.8 Å². The number of allylic oxidation sites excluding steroid dienone is 9. The minimum atomic E-state index is -1.62. The van der Waals surface area contributed by atoms with Gasteiger partial charge in [0.15, 0.2) is 12.4 Å². The second-order valence-corrected chi connectivity index (χ2v) is 17.9. The number of ether oxygens (including phenoxy) is 3. The Morgan fingerprint density at radius 1 is 0.615 bits per heavy atom. The quantitative estimate of drug-likeness (QED) is 0.0150. The minimum Gasteiger partial charge on any atom is -0.454 e. The van der Waals surface area contributed by atoms with Gasteiger partial charge in [-0.3, -0.25) is 9.59 Å². The molecule has 0 aromatic heterocycles. The molecule has 1 amide bonds. The van der Waals surface area contributed by atoms with Crippen molar-refractivity contribution in [3.8, 4) is 0 Å². The topological polar surface area (TPSA) is 175 Å². The maximum atomic E-state index is 13.3. The molecule has 1 rings (SSSR count). The van der Waals surface area contributed by atoms with Gasteiger partial charge >= 0.3 is 5.97 Å². The number of carbonyl (C=O) groups excluding carboxylic acids is 2. The van der Waals surface area contributed by atoms with Crippen LogP contribution in [0.2, 0.25) is 0 Å². The van der Waals surface area contributed by atoms with E-state index in [0.717, 1.165) is 77.0 Å². The molecule has 376 valence electrons. The Morgan fingerprint density at radius 2 is 1.12 bits per heavy atom.